The fourth-order valence-electron chi connectivity index (χ4n) is 1.20. The number of aromatic nitrogens is 4. The lowest BCUT2D eigenvalue weighted by Gasteiger charge is -2.05. The van der Waals surface area contributed by atoms with Crippen molar-refractivity contribution in [3.05, 3.63) is 33.8 Å². The summed E-state index contributed by atoms with van der Waals surface area (Å²) in [4.78, 5) is 0. The highest BCUT2D eigenvalue weighted by molar-refractivity contribution is 6.35. The van der Waals surface area contributed by atoms with E-state index in [1.54, 1.807) is 0 Å². The molecular weight excluding hydrogens is 256 g/mol. The van der Waals surface area contributed by atoms with Gasteiger partial charge >= 0.3 is 0 Å². The van der Waals surface area contributed by atoms with Crippen LogP contribution in [0.1, 0.15) is 5.82 Å². The highest BCUT2D eigenvalue weighted by atomic mass is 35.5. The average molecular weight is 262 g/mol. The van der Waals surface area contributed by atoms with Crippen molar-refractivity contribution in [1.82, 2.24) is 20.2 Å². The summed E-state index contributed by atoms with van der Waals surface area (Å²) in [5.41, 5.74) is 5.90. The third-order valence-electron chi connectivity index (χ3n) is 1.93. The zero-order valence-electron chi connectivity index (χ0n) is 7.86. The molecule has 2 rings (SSSR count). The molecule has 16 heavy (non-hydrogen) atoms. The van der Waals surface area contributed by atoms with E-state index in [2.05, 4.69) is 15.5 Å². The Bertz CT molecular complexity index is 504. The van der Waals surface area contributed by atoms with Gasteiger partial charge in [0.25, 0.3) is 0 Å². The maximum absolute atomic E-state index is 13.2. The molecule has 0 aliphatic carbocycles. The summed E-state index contributed by atoms with van der Waals surface area (Å²) >= 11 is 11.3. The molecule has 5 nitrogen and oxygen atoms in total. The number of hydrogen-bond acceptors (Lipinski definition) is 4. The van der Waals surface area contributed by atoms with Crippen LogP contribution < -0.4 is 5.73 Å². The van der Waals surface area contributed by atoms with E-state index in [9.17, 15) is 4.39 Å². The number of hydrogen-bond donors (Lipinski definition) is 1. The number of benzene rings is 1. The number of halogens is 3. The standard InChI is InChI=1S/C8H6Cl2FN5/c9-5-1-4(2-6(10)8(5)11)16-7(3-12)13-14-15-16/h1-2H,3,12H2. The summed E-state index contributed by atoms with van der Waals surface area (Å²) in [5.74, 6) is -0.242. The maximum atomic E-state index is 13.2. The van der Waals surface area contributed by atoms with Gasteiger partial charge in [0.2, 0.25) is 0 Å². The Labute approximate surface area is 99.9 Å². The van der Waals surface area contributed by atoms with Crippen molar-refractivity contribution in [2.75, 3.05) is 0 Å². The van der Waals surface area contributed by atoms with Gasteiger partial charge in [-0.3, -0.25) is 0 Å². The summed E-state index contributed by atoms with van der Waals surface area (Å²) in [5, 5.41) is 10.7. The fraction of sp³-hybridized carbons (Fsp3) is 0.125. The minimum atomic E-state index is -0.672. The molecule has 0 atom stereocenters. The Morgan fingerprint density at radius 3 is 2.50 bits per heavy atom. The van der Waals surface area contributed by atoms with Crippen LogP contribution in [-0.4, -0.2) is 20.2 Å². The normalized spacial score (nSPS) is 10.8. The quantitative estimate of drug-likeness (QED) is 0.834. The highest BCUT2D eigenvalue weighted by Crippen LogP contribution is 2.26. The molecule has 2 N–H and O–H groups in total. The van der Waals surface area contributed by atoms with Crippen molar-refractivity contribution in [3.63, 3.8) is 0 Å². The molecule has 0 unspecified atom stereocenters. The number of rotatable bonds is 2. The van der Waals surface area contributed by atoms with Crippen molar-refractivity contribution in [2.45, 2.75) is 6.54 Å². The number of tetrazole rings is 1. The molecule has 0 radical (unpaired) electrons. The van der Waals surface area contributed by atoms with Crippen LogP contribution in [0.15, 0.2) is 12.1 Å². The Morgan fingerprint density at radius 1 is 1.31 bits per heavy atom. The molecule has 0 aliphatic heterocycles. The summed E-state index contributed by atoms with van der Waals surface area (Å²) in [6, 6.07) is 2.75. The molecular formula is C8H6Cl2FN5. The van der Waals surface area contributed by atoms with E-state index in [-0.39, 0.29) is 16.6 Å². The Morgan fingerprint density at radius 2 is 1.94 bits per heavy atom. The lowest BCUT2D eigenvalue weighted by Crippen LogP contribution is -2.08. The molecule has 0 saturated heterocycles. The third kappa shape index (κ3) is 1.87. The number of nitrogens with two attached hydrogens (primary N) is 1. The second kappa shape index (κ2) is 4.32. The predicted octanol–water partition coefficient (Wildman–Crippen LogP) is 1.57. The minimum Gasteiger partial charge on any atom is -0.324 e. The predicted molar refractivity (Wildman–Crippen MR) is 57.0 cm³/mol. The van der Waals surface area contributed by atoms with E-state index in [0.717, 1.165) is 0 Å². The molecule has 0 amide bonds. The minimum absolute atomic E-state index is 0.0963. The topological polar surface area (TPSA) is 69.6 Å². The molecule has 1 aromatic heterocycles. The van der Waals surface area contributed by atoms with E-state index in [0.29, 0.717) is 11.5 Å². The van der Waals surface area contributed by atoms with Gasteiger partial charge in [-0.05, 0) is 22.6 Å². The molecule has 0 spiro atoms. The van der Waals surface area contributed by atoms with Gasteiger partial charge < -0.3 is 5.73 Å². The van der Waals surface area contributed by atoms with E-state index < -0.39 is 5.82 Å². The highest BCUT2D eigenvalue weighted by Gasteiger charge is 2.12. The van der Waals surface area contributed by atoms with Crippen molar-refractivity contribution in [2.24, 2.45) is 5.73 Å². The molecule has 0 aliphatic rings. The van der Waals surface area contributed by atoms with Crippen molar-refractivity contribution in [3.8, 4) is 5.69 Å². The fourth-order valence-corrected chi connectivity index (χ4v) is 1.67. The molecule has 0 fully saturated rings. The Kier molecular flexibility index (Phi) is 3.04. The van der Waals surface area contributed by atoms with Gasteiger partial charge in [-0.25, -0.2) is 4.39 Å². The SMILES string of the molecule is NCc1nnnn1-c1cc(Cl)c(F)c(Cl)c1. The van der Waals surface area contributed by atoms with Crippen LogP contribution in [0.3, 0.4) is 0 Å². The first-order chi connectivity index (χ1) is 7.63. The molecule has 1 heterocycles. The van der Waals surface area contributed by atoms with Gasteiger partial charge in [0.05, 0.1) is 22.3 Å². The lowest BCUT2D eigenvalue weighted by atomic mass is 10.3. The van der Waals surface area contributed by atoms with Gasteiger partial charge in [-0.2, -0.15) is 4.68 Å². The van der Waals surface area contributed by atoms with E-state index in [1.807, 2.05) is 0 Å². The van der Waals surface area contributed by atoms with Crippen LogP contribution >= 0.6 is 23.2 Å². The average Bonchev–Trinajstić information content (AvgIpc) is 2.73. The number of nitrogens with zero attached hydrogens (tertiary/aromatic N) is 4. The van der Waals surface area contributed by atoms with Crippen LogP contribution in [-0.2, 0) is 6.54 Å². The summed E-state index contributed by atoms with van der Waals surface area (Å²) in [7, 11) is 0. The van der Waals surface area contributed by atoms with Crippen LogP contribution in [0, 0.1) is 5.82 Å². The Balaban J connectivity index is 2.57. The molecule has 0 bridgehead atoms. The van der Waals surface area contributed by atoms with Crippen molar-refractivity contribution >= 4 is 23.2 Å². The first kappa shape index (κ1) is 11.3. The van der Waals surface area contributed by atoms with Crippen molar-refractivity contribution in [1.29, 1.82) is 0 Å². The van der Waals surface area contributed by atoms with Crippen molar-refractivity contribution < 1.29 is 4.39 Å². The largest absolute Gasteiger partial charge is 0.324 e. The second-order valence-electron chi connectivity index (χ2n) is 2.93. The van der Waals surface area contributed by atoms with Crippen LogP contribution in [0.5, 0.6) is 0 Å². The first-order valence-electron chi connectivity index (χ1n) is 4.25. The maximum Gasteiger partial charge on any atom is 0.170 e. The lowest BCUT2D eigenvalue weighted by molar-refractivity contribution is 0.627. The molecule has 84 valence electrons. The summed E-state index contributed by atoms with van der Waals surface area (Å²) in [6.07, 6.45) is 0. The van der Waals surface area contributed by atoms with Gasteiger partial charge in [0.15, 0.2) is 11.6 Å². The molecule has 2 aromatic rings. The summed E-state index contributed by atoms with van der Waals surface area (Å²) in [6.45, 7) is 0.152. The van der Waals surface area contributed by atoms with E-state index in [4.69, 9.17) is 28.9 Å². The zero-order valence-corrected chi connectivity index (χ0v) is 9.37. The zero-order chi connectivity index (χ0) is 11.7. The molecule has 1 aromatic carbocycles. The van der Waals surface area contributed by atoms with E-state index >= 15 is 0 Å². The van der Waals surface area contributed by atoms with Gasteiger partial charge in [0, 0.05) is 0 Å². The summed E-state index contributed by atoms with van der Waals surface area (Å²) < 4.78 is 14.5. The monoisotopic (exact) mass is 261 g/mol. The smallest absolute Gasteiger partial charge is 0.170 e. The molecule has 0 saturated carbocycles. The Hall–Kier alpha value is -1.24. The van der Waals surface area contributed by atoms with Gasteiger partial charge in [-0.1, -0.05) is 23.2 Å². The first-order valence-corrected chi connectivity index (χ1v) is 5.01. The van der Waals surface area contributed by atoms with Gasteiger partial charge in [-0.15, -0.1) is 5.10 Å². The third-order valence-corrected chi connectivity index (χ3v) is 2.48. The van der Waals surface area contributed by atoms with Crippen LogP contribution in [0.4, 0.5) is 4.39 Å². The molecule has 8 heteroatoms. The van der Waals surface area contributed by atoms with Crippen LogP contribution in [0.25, 0.3) is 5.69 Å². The van der Waals surface area contributed by atoms with Crippen LogP contribution in [0.2, 0.25) is 10.0 Å². The van der Waals surface area contributed by atoms with Gasteiger partial charge in [0.1, 0.15) is 0 Å². The second-order valence-corrected chi connectivity index (χ2v) is 3.75. The van der Waals surface area contributed by atoms with E-state index in [1.165, 1.54) is 16.8 Å².